The van der Waals surface area contributed by atoms with Crippen molar-refractivity contribution in [1.82, 2.24) is 9.55 Å². The molecule has 17 heavy (non-hydrogen) atoms. The monoisotopic (exact) mass is 242 g/mol. The van der Waals surface area contributed by atoms with Crippen LogP contribution in [0.2, 0.25) is 0 Å². The SMILES string of the molecule is CC(C)C(O)CNc1c(N)n(C)c(=O)[nH]c1=O. The lowest BCUT2D eigenvalue weighted by Crippen LogP contribution is -2.34. The van der Waals surface area contributed by atoms with Gasteiger partial charge in [0.25, 0.3) is 5.56 Å². The number of aliphatic hydroxyl groups excluding tert-OH is 1. The van der Waals surface area contributed by atoms with Crippen LogP contribution in [0.1, 0.15) is 13.8 Å². The van der Waals surface area contributed by atoms with Gasteiger partial charge in [0.1, 0.15) is 11.5 Å². The Morgan fingerprint density at radius 1 is 1.47 bits per heavy atom. The van der Waals surface area contributed by atoms with Crippen LogP contribution in [0.25, 0.3) is 0 Å². The molecule has 1 rings (SSSR count). The number of aromatic amines is 1. The first-order chi connectivity index (χ1) is 7.84. The summed E-state index contributed by atoms with van der Waals surface area (Å²) >= 11 is 0. The third-order valence-electron chi connectivity index (χ3n) is 2.63. The van der Waals surface area contributed by atoms with E-state index in [4.69, 9.17) is 5.73 Å². The maximum Gasteiger partial charge on any atom is 0.329 e. The molecule has 0 aliphatic rings. The van der Waals surface area contributed by atoms with Crippen molar-refractivity contribution in [3.05, 3.63) is 20.8 Å². The maximum absolute atomic E-state index is 11.5. The second kappa shape index (κ2) is 5.05. The van der Waals surface area contributed by atoms with Crippen molar-refractivity contribution in [2.45, 2.75) is 20.0 Å². The average molecular weight is 242 g/mol. The van der Waals surface area contributed by atoms with Gasteiger partial charge in [-0.25, -0.2) is 4.79 Å². The van der Waals surface area contributed by atoms with Gasteiger partial charge in [0.15, 0.2) is 0 Å². The summed E-state index contributed by atoms with van der Waals surface area (Å²) in [7, 11) is 1.46. The highest BCUT2D eigenvalue weighted by Crippen LogP contribution is 2.09. The van der Waals surface area contributed by atoms with Crippen LogP contribution in [-0.2, 0) is 7.05 Å². The van der Waals surface area contributed by atoms with E-state index >= 15 is 0 Å². The Morgan fingerprint density at radius 3 is 2.59 bits per heavy atom. The minimum atomic E-state index is -0.592. The molecule has 0 amide bonds. The van der Waals surface area contributed by atoms with Crippen LogP contribution in [0, 0.1) is 5.92 Å². The Morgan fingerprint density at radius 2 is 2.06 bits per heavy atom. The molecule has 0 bridgehead atoms. The van der Waals surface area contributed by atoms with E-state index in [1.807, 2.05) is 13.8 Å². The topological polar surface area (TPSA) is 113 Å². The second-order valence-corrected chi connectivity index (χ2v) is 4.27. The number of rotatable bonds is 4. The van der Waals surface area contributed by atoms with Gasteiger partial charge >= 0.3 is 5.69 Å². The molecule has 0 aromatic carbocycles. The third kappa shape index (κ3) is 2.88. The summed E-state index contributed by atoms with van der Waals surface area (Å²) < 4.78 is 1.13. The van der Waals surface area contributed by atoms with E-state index in [1.54, 1.807) is 0 Å². The molecule has 96 valence electrons. The summed E-state index contributed by atoms with van der Waals surface area (Å²) in [5.41, 5.74) is 4.60. The highest BCUT2D eigenvalue weighted by atomic mass is 16.3. The van der Waals surface area contributed by atoms with Crippen molar-refractivity contribution < 1.29 is 5.11 Å². The van der Waals surface area contributed by atoms with Crippen LogP contribution < -0.4 is 22.3 Å². The summed E-state index contributed by atoms with van der Waals surface area (Å²) in [6, 6.07) is 0. The fourth-order valence-electron chi connectivity index (χ4n) is 1.25. The van der Waals surface area contributed by atoms with Crippen LogP contribution >= 0.6 is 0 Å². The standard InChI is InChI=1S/C10H18N4O3/c1-5(2)6(15)4-12-7-8(11)14(3)10(17)13-9(7)16/h5-6,12,15H,4,11H2,1-3H3,(H,13,16,17). The summed E-state index contributed by atoms with van der Waals surface area (Å²) in [6.45, 7) is 3.92. The van der Waals surface area contributed by atoms with Crippen LogP contribution in [0.4, 0.5) is 11.5 Å². The van der Waals surface area contributed by atoms with Gasteiger partial charge in [-0.2, -0.15) is 0 Å². The first kappa shape index (κ1) is 13.3. The highest BCUT2D eigenvalue weighted by molar-refractivity contribution is 5.60. The second-order valence-electron chi connectivity index (χ2n) is 4.27. The predicted molar refractivity (Wildman–Crippen MR) is 66.1 cm³/mol. The molecule has 7 heteroatoms. The number of hydrogen-bond donors (Lipinski definition) is 4. The molecule has 1 aromatic rings. The van der Waals surface area contributed by atoms with Crippen molar-refractivity contribution in [1.29, 1.82) is 0 Å². The van der Waals surface area contributed by atoms with Crippen LogP contribution in [0.15, 0.2) is 9.59 Å². The molecule has 0 radical (unpaired) electrons. The minimum absolute atomic E-state index is 0.0507. The normalized spacial score (nSPS) is 12.8. The van der Waals surface area contributed by atoms with E-state index in [-0.39, 0.29) is 24.0 Å². The van der Waals surface area contributed by atoms with E-state index in [1.165, 1.54) is 7.05 Å². The smallest absolute Gasteiger partial charge is 0.329 e. The first-order valence-electron chi connectivity index (χ1n) is 5.35. The highest BCUT2D eigenvalue weighted by Gasteiger charge is 2.13. The fourth-order valence-corrected chi connectivity index (χ4v) is 1.25. The zero-order chi connectivity index (χ0) is 13.2. The lowest BCUT2D eigenvalue weighted by molar-refractivity contribution is 0.138. The Kier molecular flexibility index (Phi) is 3.95. The number of nitrogens with zero attached hydrogens (tertiary/aromatic N) is 1. The number of aromatic nitrogens is 2. The molecule has 0 aliphatic heterocycles. The molecule has 0 spiro atoms. The summed E-state index contributed by atoms with van der Waals surface area (Å²) in [4.78, 5) is 24.8. The van der Waals surface area contributed by atoms with Gasteiger partial charge in [0.05, 0.1) is 6.10 Å². The molecule has 5 N–H and O–H groups in total. The van der Waals surface area contributed by atoms with Crippen LogP contribution in [0.3, 0.4) is 0 Å². The van der Waals surface area contributed by atoms with Gasteiger partial charge in [-0.05, 0) is 5.92 Å². The minimum Gasteiger partial charge on any atom is -0.391 e. The molecule has 1 atom stereocenters. The van der Waals surface area contributed by atoms with Gasteiger partial charge in [0.2, 0.25) is 0 Å². The van der Waals surface area contributed by atoms with Crippen molar-refractivity contribution >= 4 is 11.5 Å². The molecule has 7 nitrogen and oxygen atoms in total. The van der Waals surface area contributed by atoms with E-state index in [2.05, 4.69) is 10.3 Å². The molecule has 0 saturated heterocycles. The number of aliphatic hydroxyl groups is 1. The van der Waals surface area contributed by atoms with E-state index < -0.39 is 17.4 Å². The zero-order valence-electron chi connectivity index (χ0n) is 10.2. The van der Waals surface area contributed by atoms with Crippen molar-refractivity contribution in [2.75, 3.05) is 17.6 Å². The molecule has 0 aliphatic carbocycles. The van der Waals surface area contributed by atoms with Gasteiger partial charge < -0.3 is 16.2 Å². The molecule has 0 saturated carbocycles. The van der Waals surface area contributed by atoms with Gasteiger partial charge in [-0.15, -0.1) is 0 Å². The quantitative estimate of drug-likeness (QED) is 0.545. The lowest BCUT2D eigenvalue weighted by atomic mass is 10.1. The van der Waals surface area contributed by atoms with E-state index in [0.717, 1.165) is 4.57 Å². The molecule has 1 unspecified atom stereocenters. The number of anilines is 2. The van der Waals surface area contributed by atoms with Gasteiger partial charge in [-0.3, -0.25) is 14.3 Å². The fraction of sp³-hybridized carbons (Fsp3) is 0.600. The van der Waals surface area contributed by atoms with Crippen molar-refractivity contribution in [3.8, 4) is 0 Å². The number of hydrogen-bond acceptors (Lipinski definition) is 5. The zero-order valence-corrected chi connectivity index (χ0v) is 10.2. The van der Waals surface area contributed by atoms with Crippen LogP contribution in [0.5, 0.6) is 0 Å². The maximum atomic E-state index is 11.5. The van der Waals surface area contributed by atoms with E-state index in [9.17, 15) is 14.7 Å². The molecular weight excluding hydrogens is 224 g/mol. The first-order valence-corrected chi connectivity index (χ1v) is 5.35. The Hall–Kier alpha value is -1.76. The number of H-pyrrole nitrogens is 1. The largest absolute Gasteiger partial charge is 0.391 e. The van der Waals surface area contributed by atoms with Gasteiger partial charge in [-0.1, -0.05) is 13.8 Å². The van der Waals surface area contributed by atoms with Gasteiger partial charge in [0, 0.05) is 13.6 Å². The molecule has 0 fully saturated rings. The molecular formula is C10H18N4O3. The number of nitrogen functional groups attached to an aromatic ring is 1. The van der Waals surface area contributed by atoms with E-state index in [0.29, 0.717) is 0 Å². The number of nitrogens with one attached hydrogen (secondary N) is 2. The summed E-state index contributed by atoms with van der Waals surface area (Å²) in [6.07, 6.45) is -0.592. The summed E-state index contributed by atoms with van der Waals surface area (Å²) in [5.74, 6) is 0.116. The van der Waals surface area contributed by atoms with Crippen molar-refractivity contribution in [3.63, 3.8) is 0 Å². The van der Waals surface area contributed by atoms with Crippen LogP contribution in [-0.4, -0.2) is 27.3 Å². The predicted octanol–water partition coefficient (Wildman–Crippen LogP) is -0.915. The third-order valence-corrected chi connectivity index (χ3v) is 2.63. The Balaban J connectivity index is 2.97. The average Bonchev–Trinajstić information content (AvgIpc) is 2.25. The Labute approximate surface area is 98.3 Å². The Bertz CT molecular complexity index is 503. The lowest BCUT2D eigenvalue weighted by Gasteiger charge is -2.16. The molecule has 1 aromatic heterocycles. The molecule has 1 heterocycles. The van der Waals surface area contributed by atoms with Crippen molar-refractivity contribution in [2.24, 2.45) is 13.0 Å². The number of nitrogens with two attached hydrogens (primary N) is 1. The summed E-state index contributed by atoms with van der Waals surface area (Å²) in [5, 5.41) is 12.4.